The molecule has 0 aliphatic rings. The van der Waals surface area contributed by atoms with Gasteiger partial charge in [-0.25, -0.2) is 19.2 Å². The summed E-state index contributed by atoms with van der Waals surface area (Å²) in [6.45, 7) is 5.69. The zero-order valence-corrected chi connectivity index (χ0v) is 15.3. The van der Waals surface area contributed by atoms with Crippen LogP contribution in [0.5, 0.6) is 5.75 Å². The highest BCUT2D eigenvalue weighted by Gasteiger charge is 2.20. The van der Waals surface area contributed by atoms with E-state index < -0.39 is 11.6 Å². The van der Waals surface area contributed by atoms with Gasteiger partial charge in [-0.15, -0.1) is 0 Å². The van der Waals surface area contributed by atoms with Crippen molar-refractivity contribution < 1.29 is 18.3 Å². The fourth-order valence-electron chi connectivity index (χ4n) is 2.79. The predicted molar refractivity (Wildman–Crippen MR) is 96.5 cm³/mol. The number of nitrogens with one attached hydrogen (secondary N) is 2. The van der Waals surface area contributed by atoms with Crippen LogP contribution in [0.1, 0.15) is 34.2 Å². The van der Waals surface area contributed by atoms with Crippen LogP contribution in [0.25, 0.3) is 5.65 Å². The Kier molecular flexibility index (Phi) is 5.36. The lowest BCUT2D eigenvalue weighted by molar-refractivity contribution is 0.0927. The van der Waals surface area contributed by atoms with Gasteiger partial charge in [0.15, 0.2) is 11.4 Å². The molecule has 1 aromatic carbocycles. The van der Waals surface area contributed by atoms with Crippen LogP contribution < -0.4 is 15.6 Å². The zero-order chi connectivity index (χ0) is 19.6. The SMILES string of the molecule is CCNNC(=O)c1c(C)nc2c(OCc3c(F)cccc3F)cc(C)cn12. The molecule has 27 heavy (non-hydrogen) atoms. The normalized spacial score (nSPS) is 11.0. The van der Waals surface area contributed by atoms with E-state index in [1.54, 1.807) is 23.6 Å². The van der Waals surface area contributed by atoms with Crippen molar-refractivity contribution in [3.05, 3.63) is 64.6 Å². The number of fused-ring (bicyclic) bond motifs is 1. The first-order valence-electron chi connectivity index (χ1n) is 8.50. The minimum Gasteiger partial charge on any atom is -0.485 e. The monoisotopic (exact) mass is 374 g/mol. The van der Waals surface area contributed by atoms with Gasteiger partial charge in [0.25, 0.3) is 5.91 Å². The number of aromatic nitrogens is 2. The number of hydrazine groups is 1. The molecular weight excluding hydrogens is 354 g/mol. The summed E-state index contributed by atoms with van der Waals surface area (Å²) in [7, 11) is 0. The van der Waals surface area contributed by atoms with E-state index in [-0.39, 0.29) is 18.1 Å². The minimum atomic E-state index is -0.677. The van der Waals surface area contributed by atoms with E-state index in [0.717, 1.165) is 5.56 Å². The number of carbonyl (C=O) groups is 1. The van der Waals surface area contributed by atoms with Crippen molar-refractivity contribution in [3.63, 3.8) is 0 Å². The smallest absolute Gasteiger partial charge is 0.284 e. The molecule has 3 rings (SSSR count). The Morgan fingerprint density at radius 3 is 2.63 bits per heavy atom. The quantitative estimate of drug-likeness (QED) is 0.651. The van der Waals surface area contributed by atoms with Crippen molar-refractivity contribution in [2.45, 2.75) is 27.4 Å². The van der Waals surface area contributed by atoms with Crippen molar-refractivity contribution in [1.29, 1.82) is 0 Å². The molecule has 0 unspecified atom stereocenters. The van der Waals surface area contributed by atoms with Crippen molar-refractivity contribution in [2.24, 2.45) is 0 Å². The number of ether oxygens (including phenoxy) is 1. The highest BCUT2D eigenvalue weighted by molar-refractivity contribution is 5.94. The number of hydrogen-bond donors (Lipinski definition) is 2. The lowest BCUT2D eigenvalue weighted by Crippen LogP contribution is -2.38. The van der Waals surface area contributed by atoms with Gasteiger partial charge in [0, 0.05) is 12.7 Å². The van der Waals surface area contributed by atoms with E-state index in [1.165, 1.54) is 18.2 Å². The Morgan fingerprint density at radius 2 is 1.96 bits per heavy atom. The molecule has 0 spiro atoms. The predicted octanol–water partition coefficient (Wildman–Crippen LogP) is 3.06. The van der Waals surface area contributed by atoms with Gasteiger partial charge in [-0.1, -0.05) is 13.0 Å². The molecule has 0 radical (unpaired) electrons. The highest BCUT2D eigenvalue weighted by Crippen LogP contribution is 2.25. The van der Waals surface area contributed by atoms with E-state index in [4.69, 9.17) is 4.74 Å². The van der Waals surface area contributed by atoms with Crippen LogP contribution in [0.15, 0.2) is 30.5 Å². The molecule has 2 N–H and O–H groups in total. The van der Waals surface area contributed by atoms with E-state index in [0.29, 0.717) is 29.3 Å². The zero-order valence-electron chi connectivity index (χ0n) is 15.3. The van der Waals surface area contributed by atoms with Gasteiger partial charge in [-0.05, 0) is 37.6 Å². The van der Waals surface area contributed by atoms with Gasteiger partial charge < -0.3 is 4.74 Å². The summed E-state index contributed by atoms with van der Waals surface area (Å²) in [6.07, 6.45) is 1.76. The average Bonchev–Trinajstić information content (AvgIpc) is 2.95. The van der Waals surface area contributed by atoms with Crippen LogP contribution in [0.3, 0.4) is 0 Å². The summed E-state index contributed by atoms with van der Waals surface area (Å²) in [4.78, 5) is 16.8. The molecule has 0 bridgehead atoms. The van der Waals surface area contributed by atoms with Crippen molar-refractivity contribution in [2.75, 3.05) is 6.54 Å². The summed E-state index contributed by atoms with van der Waals surface area (Å²) in [5.74, 6) is -1.35. The molecule has 8 heteroatoms. The Balaban J connectivity index is 1.98. The molecule has 0 saturated carbocycles. The highest BCUT2D eigenvalue weighted by atomic mass is 19.1. The van der Waals surface area contributed by atoms with Crippen LogP contribution in [0, 0.1) is 25.5 Å². The van der Waals surface area contributed by atoms with E-state index in [2.05, 4.69) is 15.8 Å². The molecule has 0 atom stereocenters. The third kappa shape index (κ3) is 3.75. The Bertz CT molecular complexity index is 981. The van der Waals surface area contributed by atoms with Crippen molar-refractivity contribution in [3.8, 4) is 5.75 Å². The van der Waals surface area contributed by atoms with Gasteiger partial charge in [0.05, 0.1) is 11.3 Å². The number of benzene rings is 1. The number of halogens is 2. The maximum absolute atomic E-state index is 13.8. The topological polar surface area (TPSA) is 67.7 Å². The number of aryl methyl sites for hydroxylation is 2. The van der Waals surface area contributed by atoms with Gasteiger partial charge in [-0.2, -0.15) is 0 Å². The van der Waals surface area contributed by atoms with Crippen LogP contribution in [0.4, 0.5) is 8.78 Å². The Hall–Kier alpha value is -3.00. The van der Waals surface area contributed by atoms with Crippen LogP contribution in [-0.2, 0) is 6.61 Å². The van der Waals surface area contributed by atoms with Gasteiger partial charge >= 0.3 is 0 Å². The summed E-state index contributed by atoms with van der Waals surface area (Å²) >= 11 is 0. The van der Waals surface area contributed by atoms with Gasteiger partial charge in [0.2, 0.25) is 0 Å². The Morgan fingerprint density at radius 1 is 1.26 bits per heavy atom. The molecule has 2 aromatic heterocycles. The molecular formula is C19H20F2N4O2. The maximum Gasteiger partial charge on any atom is 0.284 e. The first-order valence-corrected chi connectivity index (χ1v) is 8.50. The second-order valence-electron chi connectivity index (χ2n) is 6.09. The summed E-state index contributed by atoms with van der Waals surface area (Å²) in [5, 5.41) is 0. The fourth-order valence-corrected chi connectivity index (χ4v) is 2.79. The van der Waals surface area contributed by atoms with Crippen molar-refractivity contribution >= 4 is 11.6 Å². The number of pyridine rings is 1. The molecule has 0 aliphatic heterocycles. The maximum atomic E-state index is 13.8. The van der Waals surface area contributed by atoms with Gasteiger partial charge in [0.1, 0.15) is 23.9 Å². The first kappa shape index (κ1) is 18.8. The molecule has 0 saturated heterocycles. The lowest BCUT2D eigenvalue weighted by atomic mass is 10.2. The lowest BCUT2D eigenvalue weighted by Gasteiger charge is -2.11. The number of rotatable bonds is 6. The van der Waals surface area contributed by atoms with E-state index in [9.17, 15) is 13.6 Å². The largest absolute Gasteiger partial charge is 0.485 e. The summed E-state index contributed by atoms with van der Waals surface area (Å²) in [6, 6.07) is 5.37. The first-order chi connectivity index (χ1) is 12.9. The molecule has 0 fully saturated rings. The molecule has 1 amide bonds. The molecule has 6 nitrogen and oxygen atoms in total. The molecule has 2 heterocycles. The molecule has 3 aromatic rings. The third-order valence-electron chi connectivity index (χ3n) is 4.02. The van der Waals surface area contributed by atoms with Crippen molar-refractivity contribution in [1.82, 2.24) is 20.2 Å². The number of carbonyl (C=O) groups excluding carboxylic acids is 1. The summed E-state index contributed by atoms with van der Waals surface area (Å²) < 4.78 is 35.0. The molecule has 142 valence electrons. The number of hydrogen-bond acceptors (Lipinski definition) is 4. The molecule has 0 aliphatic carbocycles. The van der Waals surface area contributed by atoms with Gasteiger partial charge in [-0.3, -0.25) is 14.6 Å². The standard InChI is InChI=1S/C19H20F2N4O2/c1-4-22-24-19(26)17-12(3)23-18-16(8-11(2)9-25(17)18)27-10-13-14(20)6-5-7-15(13)21/h5-9,22H,4,10H2,1-3H3,(H,24,26). The fraction of sp³-hybridized carbons (Fsp3) is 0.263. The second kappa shape index (κ2) is 7.71. The minimum absolute atomic E-state index is 0.162. The number of nitrogens with zero attached hydrogens (tertiary/aromatic N) is 2. The van der Waals surface area contributed by atoms with Crippen LogP contribution in [0.2, 0.25) is 0 Å². The Labute approximate surface area is 155 Å². The number of imidazole rings is 1. The van der Waals surface area contributed by atoms with Crippen LogP contribution in [-0.4, -0.2) is 21.8 Å². The average molecular weight is 374 g/mol. The van der Waals surface area contributed by atoms with E-state index in [1.807, 2.05) is 13.8 Å². The second-order valence-corrected chi connectivity index (χ2v) is 6.09. The third-order valence-corrected chi connectivity index (χ3v) is 4.02. The summed E-state index contributed by atoms with van der Waals surface area (Å²) in [5.41, 5.74) is 7.27. The number of amides is 1. The van der Waals surface area contributed by atoms with E-state index >= 15 is 0 Å². The van der Waals surface area contributed by atoms with Crippen LogP contribution >= 0.6 is 0 Å².